The van der Waals surface area contributed by atoms with Crippen LogP contribution in [0, 0.1) is 0 Å². The first-order chi connectivity index (χ1) is 7.79. The Morgan fingerprint density at radius 2 is 2.19 bits per heavy atom. The Bertz CT molecular complexity index is 354. The highest BCUT2D eigenvalue weighted by Crippen LogP contribution is 2.25. The maximum atomic E-state index is 5.99. The molecule has 0 saturated heterocycles. The van der Waals surface area contributed by atoms with E-state index in [1.807, 2.05) is 17.8 Å². The third-order valence-corrected chi connectivity index (χ3v) is 3.99. The van der Waals surface area contributed by atoms with Crippen molar-refractivity contribution in [2.45, 2.75) is 25.3 Å². The molecule has 3 heteroatoms. The normalized spacial score (nSPS) is 18.8. The average Bonchev–Trinajstić information content (AvgIpc) is 2.66. The molecule has 0 radical (unpaired) electrons. The summed E-state index contributed by atoms with van der Waals surface area (Å²) >= 11 is 7.91. The number of fused-ring (bicyclic) bond motifs is 1. The molecular formula is C13H18ClNS. The molecule has 1 aromatic carbocycles. The summed E-state index contributed by atoms with van der Waals surface area (Å²) in [5.41, 5.74) is 2.89. The highest BCUT2D eigenvalue weighted by atomic mass is 35.5. The molecule has 0 aliphatic heterocycles. The van der Waals surface area contributed by atoms with Gasteiger partial charge < -0.3 is 5.32 Å². The predicted molar refractivity (Wildman–Crippen MR) is 73.6 cm³/mol. The number of hydrogen-bond acceptors (Lipinski definition) is 2. The Hall–Kier alpha value is -0.180. The van der Waals surface area contributed by atoms with Crippen LogP contribution in [0.1, 0.15) is 17.5 Å². The molecule has 1 N–H and O–H groups in total. The van der Waals surface area contributed by atoms with Crippen LogP contribution in [0.2, 0.25) is 5.02 Å². The van der Waals surface area contributed by atoms with Crippen LogP contribution in [-0.4, -0.2) is 24.6 Å². The molecule has 16 heavy (non-hydrogen) atoms. The molecule has 1 aliphatic rings. The van der Waals surface area contributed by atoms with Crippen molar-refractivity contribution < 1.29 is 0 Å². The number of halogens is 1. The maximum Gasteiger partial charge on any atom is 0.0408 e. The van der Waals surface area contributed by atoms with Gasteiger partial charge in [-0.2, -0.15) is 11.8 Å². The highest BCUT2D eigenvalue weighted by Gasteiger charge is 2.20. The molecule has 0 amide bonds. The van der Waals surface area contributed by atoms with Gasteiger partial charge in [0.15, 0.2) is 0 Å². The zero-order chi connectivity index (χ0) is 11.4. The summed E-state index contributed by atoms with van der Waals surface area (Å²) in [6.07, 6.45) is 5.71. The Labute approximate surface area is 107 Å². The smallest absolute Gasteiger partial charge is 0.0408 e. The molecule has 0 saturated carbocycles. The second-order valence-electron chi connectivity index (χ2n) is 4.32. The first-order valence-corrected chi connectivity index (χ1v) is 7.56. The van der Waals surface area contributed by atoms with E-state index in [0.717, 1.165) is 24.4 Å². The highest BCUT2D eigenvalue weighted by molar-refractivity contribution is 7.98. The third kappa shape index (κ3) is 3.16. The molecule has 88 valence electrons. The quantitative estimate of drug-likeness (QED) is 0.812. The van der Waals surface area contributed by atoms with Crippen molar-refractivity contribution in [1.82, 2.24) is 5.32 Å². The van der Waals surface area contributed by atoms with Gasteiger partial charge in [-0.1, -0.05) is 17.7 Å². The van der Waals surface area contributed by atoms with Crippen LogP contribution in [0.25, 0.3) is 0 Å². The second-order valence-corrected chi connectivity index (χ2v) is 5.74. The van der Waals surface area contributed by atoms with E-state index in [-0.39, 0.29) is 0 Å². The van der Waals surface area contributed by atoms with Gasteiger partial charge in [-0.05, 0) is 61.1 Å². The van der Waals surface area contributed by atoms with Gasteiger partial charge in [-0.25, -0.2) is 0 Å². The van der Waals surface area contributed by atoms with Crippen molar-refractivity contribution in [2.24, 2.45) is 0 Å². The monoisotopic (exact) mass is 255 g/mol. The van der Waals surface area contributed by atoms with Gasteiger partial charge in [-0.3, -0.25) is 0 Å². The Balaban J connectivity index is 1.81. The fourth-order valence-electron chi connectivity index (χ4n) is 2.25. The van der Waals surface area contributed by atoms with Crippen LogP contribution in [0.4, 0.5) is 0 Å². The maximum absolute atomic E-state index is 5.99. The van der Waals surface area contributed by atoms with Crippen molar-refractivity contribution in [3.05, 3.63) is 34.3 Å². The van der Waals surface area contributed by atoms with E-state index in [4.69, 9.17) is 11.6 Å². The van der Waals surface area contributed by atoms with E-state index in [1.54, 1.807) is 0 Å². The standard InChI is InChI=1S/C13H18ClNS/c1-16-6-2-5-15-13-8-10-3-4-12(14)7-11(10)9-13/h3-4,7,13,15H,2,5-6,8-9H2,1H3. The van der Waals surface area contributed by atoms with Crippen LogP contribution < -0.4 is 5.32 Å². The SMILES string of the molecule is CSCCCNC1Cc2ccc(Cl)cc2C1. The Morgan fingerprint density at radius 1 is 1.38 bits per heavy atom. The molecular weight excluding hydrogens is 238 g/mol. The molecule has 1 unspecified atom stereocenters. The molecule has 0 spiro atoms. The van der Waals surface area contributed by atoms with E-state index < -0.39 is 0 Å². The minimum absolute atomic E-state index is 0.621. The molecule has 1 atom stereocenters. The topological polar surface area (TPSA) is 12.0 Å². The third-order valence-electron chi connectivity index (χ3n) is 3.06. The second kappa shape index (κ2) is 5.95. The summed E-state index contributed by atoms with van der Waals surface area (Å²) in [4.78, 5) is 0. The van der Waals surface area contributed by atoms with Gasteiger partial charge in [0.2, 0.25) is 0 Å². The van der Waals surface area contributed by atoms with E-state index in [9.17, 15) is 0 Å². The van der Waals surface area contributed by atoms with Crippen LogP contribution in [0.3, 0.4) is 0 Å². The summed E-state index contributed by atoms with van der Waals surface area (Å²) in [6.45, 7) is 1.13. The number of nitrogens with one attached hydrogen (secondary N) is 1. The Kier molecular flexibility index (Phi) is 4.56. The lowest BCUT2D eigenvalue weighted by atomic mass is 10.1. The molecule has 0 bridgehead atoms. The van der Waals surface area contributed by atoms with Gasteiger partial charge in [-0.15, -0.1) is 0 Å². The fraction of sp³-hybridized carbons (Fsp3) is 0.538. The molecule has 0 aromatic heterocycles. The zero-order valence-electron chi connectivity index (χ0n) is 9.63. The molecule has 1 aromatic rings. The zero-order valence-corrected chi connectivity index (χ0v) is 11.2. The van der Waals surface area contributed by atoms with Crippen LogP contribution in [-0.2, 0) is 12.8 Å². The molecule has 0 fully saturated rings. The summed E-state index contributed by atoms with van der Waals surface area (Å²) in [7, 11) is 0. The van der Waals surface area contributed by atoms with Gasteiger partial charge in [0.1, 0.15) is 0 Å². The van der Waals surface area contributed by atoms with Crippen molar-refractivity contribution in [3.8, 4) is 0 Å². The van der Waals surface area contributed by atoms with Crippen LogP contribution in [0.15, 0.2) is 18.2 Å². The van der Waals surface area contributed by atoms with Gasteiger partial charge in [0, 0.05) is 11.1 Å². The summed E-state index contributed by atoms with van der Waals surface area (Å²) in [5, 5.41) is 4.49. The van der Waals surface area contributed by atoms with Crippen molar-refractivity contribution in [1.29, 1.82) is 0 Å². The number of thioether (sulfide) groups is 1. The number of hydrogen-bond donors (Lipinski definition) is 1. The molecule has 1 aliphatic carbocycles. The van der Waals surface area contributed by atoms with E-state index in [1.165, 1.54) is 23.3 Å². The van der Waals surface area contributed by atoms with Gasteiger partial charge in [0.25, 0.3) is 0 Å². The number of rotatable bonds is 5. The number of benzene rings is 1. The van der Waals surface area contributed by atoms with E-state index >= 15 is 0 Å². The lowest BCUT2D eigenvalue weighted by molar-refractivity contribution is 0.533. The van der Waals surface area contributed by atoms with Crippen molar-refractivity contribution in [3.63, 3.8) is 0 Å². The first-order valence-electron chi connectivity index (χ1n) is 5.79. The minimum Gasteiger partial charge on any atom is -0.313 e. The summed E-state index contributed by atoms with van der Waals surface area (Å²) in [5.74, 6) is 1.25. The van der Waals surface area contributed by atoms with E-state index in [0.29, 0.717) is 6.04 Å². The fourth-order valence-corrected chi connectivity index (χ4v) is 2.88. The van der Waals surface area contributed by atoms with Crippen molar-refractivity contribution >= 4 is 23.4 Å². The average molecular weight is 256 g/mol. The largest absolute Gasteiger partial charge is 0.313 e. The first kappa shape index (κ1) is 12.3. The summed E-state index contributed by atoms with van der Waals surface area (Å²) < 4.78 is 0. The van der Waals surface area contributed by atoms with Crippen LogP contribution >= 0.6 is 23.4 Å². The Morgan fingerprint density at radius 3 is 3.00 bits per heavy atom. The summed E-state index contributed by atoms with van der Waals surface area (Å²) in [6, 6.07) is 6.90. The minimum atomic E-state index is 0.621. The lowest BCUT2D eigenvalue weighted by Crippen LogP contribution is -2.30. The van der Waals surface area contributed by atoms with E-state index in [2.05, 4.69) is 23.7 Å². The molecule has 1 nitrogen and oxygen atoms in total. The molecule has 2 rings (SSSR count). The molecule has 0 heterocycles. The lowest BCUT2D eigenvalue weighted by Gasteiger charge is -2.10. The van der Waals surface area contributed by atoms with Crippen LogP contribution in [0.5, 0.6) is 0 Å². The van der Waals surface area contributed by atoms with Gasteiger partial charge >= 0.3 is 0 Å². The van der Waals surface area contributed by atoms with Crippen molar-refractivity contribution in [2.75, 3.05) is 18.6 Å². The predicted octanol–water partition coefficient (Wildman–Crippen LogP) is 3.15. The van der Waals surface area contributed by atoms with Gasteiger partial charge in [0.05, 0.1) is 0 Å².